The first-order valence-corrected chi connectivity index (χ1v) is 10.2. The minimum absolute atomic E-state index is 0.0283. The molecular formula is C26H23N3O. The van der Waals surface area contributed by atoms with Gasteiger partial charge in [0.1, 0.15) is 0 Å². The van der Waals surface area contributed by atoms with Crippen molar-refractivity contribution in [2.45, 2.75) is 12.3 Å². The lowest BCUT2D eigenvalue weighted by molar-refractivity contribution is -0.120. The number of hydrogen-bond acceptors (Lipinski definition) is 1. The molecule has 0 radical (unpaired) electrons. The van der Waals surface area contributed by atoms with Gasteiger partial charge in [-0.25, -0.2) is 0 Å². The summed E-state index contributed by atoms with van der Waals surface area (Å²) in [5.74, 6) is 0.106. The van der Waals surface area contributed by atoms with Gasteiger partial charge in [0.15, 0.2) is 0 Å². The smallest absolute Gasteiger partial charge is 0.224 e. The summed E-state index contributed by atoms with van der Waals surface area (Å²) in [6.07, 6.45) is 4.35. The molecule has 1 atom stereocenters. The SMILES string of the molecule is O=C(Cc1c[nH]c2ccccc12)NCC(c1ccccc1)c1c[nH]c2ccccc12. The molecule has 0 aliphatic heterocycles. The summed E-state index contributed by atoms with van der Waals surface area (Å²) >= 11 is 0. The van der Waals surface area contributed by atoms with Crippen LogP contribution in [0.3, 0.4) is 0 Å². The van der Waals surface area contributed by atoms with Crippen molar-refractivity contribution in [3.05, 3.63) is 108 Å². The number of H-pyrrole nitrogens is 2. The van der Waals surface area contributed by atoms with Crippen LogP contribution in [0.2, 0.25) is 0 Å². The minimum Gasteiger partial charge on any atom is -0.361 e. The fourth-order valence-electron chi connectivity index (χ4n) is 4.20. The Labute approximate surface area is 174 Å². The molecule has 1 amide bonds. The first-order chi connectivity index (χ1) is 14.8. The quantitative estimate of drug-likeness (QED) is 0.367. The molecule has 0 saturated carbocycles. The van der Waals surface area contributed by atoms with E-state index in [0.29, 0.717) is 13.0 Å². The predicted octanol–water partition coefficient (Wildman–Crippen LogP) is 5.14. The number of fused-ring (bicyclic) bond motifs is 2. The summed E-state index contributed by atoms with van der Waals surface area (Å²) in [4.78, 5) is 19.4. The van der Waals surface area contributed by atoms with Gasteiger partial charge in [-0.2, -0.15) is 0 Å². The molecule has 5 rings (SSSR count). The summed E-state index contributed by atoms with van der Waals surface area (Å²) in [6, 6.07) is 26.7. The maximum atomic E-state index is 12.8. The second-order valence-corrected chi connectivity index (χ2v) is 7.59. The van der Waals surface area contributed by atoms with Crippen LogP contribution in [0.25, 0.3) is 21.8 Å². The van der Waals surface area contributed by atoms with Crippen LogP contribution in [-0.2, 0) is 11.2 Å². The van der Waals surface area contributed by atoms with Crippen molar-refractivity contribution in [3.8, 4) is 0 Å². The number of hydrogen-bond donors (Lipinski definition) is 3. The third kappa shape index (κ3) is 3.48. The maximum absolute atomic E-state index is 12.8. The molecule has 0 fully saturated rings. The first-order valence-electron chi connectivity index (χ1n) is 10.2. The van der Waals surface area contributed by atoms with Gasteiger partial charge in [0.25, 0.3) is 0 Å². The van der Waals surface area contributed by atoms with Crippen molar-refractivity contribution < 1.29 is 4.79 Å². The molecule has 1 unspecified atom stereocenters. The molecule has 5 aromatic rings. The third-order valence-electron chi connectivity index (χ3n) is 5.73. The van der Waals surface area contributed by atoms with Crippen molar-refractivity contribution in [2.75, 3.05) is 6.54 Å². The number of carbonyl (C=O) groups is 1. The molecule has 2 aromatic heterocycles. The second-order valence-electron chi connectivity index (χ2n) is 7.59. The lowest BCUT2D eigenvalue weighted by Gasteiger charge is -2.18. The maximum Gasteiger partial charge on any atom is 0.224 e. The largest absolute Gasteiger partial charge is 0.361 e. The molecule has 148 valence electrons. The van der Waals surface area contributed by atoms with Crippen LogP contribution in [0.5, 0.6) is 0 Å². The highest BCUT2D eigenvalue weighted by atomic mass is 16.1. The Morgan fingerprint density at radius 3 is 2.20 bits per heavy atom. The summed E-state index contributed by atoms with van der Waals surface area (Å²) in [5.41, 5.74) is 5.57. The van der Waals surface area contributed by atoms with Gasteiger partial charge in [0.2, 0.25) is 5.91 Å². The van der Waals surface area contributed by atoms with Crippen LogP contribution in [0.15, 0.2) is 91.3 Å². The topological polar surface area (TPSA) is 60.7 Å². The Balaban J connectivity index is 1.38. The van der Waals surface area contributed by atoms with Gasteiger partial charge in [-0.05, 0) is 28.8 Å². The van der Waals surface area contributed by atoms with E-state index < -0.39 is 0 Å². The van der Waals surface area contributed by atoms with Crippen LogP contribution in [0.4, 0.5) is 0 Å². The Morgan fingerprint density at radius 1 is 0.767 bits per heavy atom. The van der Waals surface area contributed by atoms with Gasteiger partial charge in [-0.1, -0.05) is 66.7 Å². The van der Waals surface area contributed by atoms with E-state index in [1.54, 1.807) is 0 Å². The Bertz CT molecular complexity index is 1300. The van der Waals surface area contributed by atoms with Gasteiger partial charge in [-0.3, -0.25) is 4.79 Å². The van der Waals surface area contributed by atoms with Gasteiger partial charge in [0, 0.05) is 46.7 Å². The van der Waals surface area contributed by atoms with Crippen LogP contribution in [-0.4, -0.2) is 22.4 Å². The number of amides is 1. The second kappa shape index (κ2) is 7.91. The van der Waals surface area contributed by atoms with Crippen molar-refractivity contribution in [1.82, 2.24) is 15.3 Å². The molecule has 3 N–H and O–H groups in total. The average Bonchev–Trinajstić information content (AvgIpc) is 3.40. The molecule has 3 aromatic carbocycles. The van der Waals surface area contributed by atoms with E-state index in [2.05, 4.69) is 51.8 Å². The minimum atomic E-state index is 0.0283. The van der Waals surface area contributed by atoms with Crippen molar-refractivity contribution in [1.29, 1.82) is 0 Å². The normalized spacial score (nSPS) is 12.3. The predicted molar refractivity (Wildman–Crippen MR) is 122 cm³/mol. The van der Waals surface area contributed by atoms with Crippen LogP contribution < -0.4 is 5.32 Å². The van der Waals surface area contributed by atoms with Crippen molar-refractivity contribution in [2.24, 2.45) is 0 Å². The summed E-state index contributed by atoms with van der Waals surface area (Å²) < 4.78 is 0. The van der Waals surface area contributed by atoms with E-state index in [0.717, 1.165) is 22.0 Å². The number of carbonyl (C=O) groups excluding carboxylic acids is 1. The highest BCUT2D eigenvalue weighted by Crippen LogP contribution is 2.30. The number of nitrogens with one attached hydrogen (secondary N) is 3. The van der Waals surface area contributed by atoms with Gasteiger partial charge in [-0.15, -0.1) is 0 Å². The van der Waals surface area contributed by atoms with Crippen molar-refractivity contribution >= 4 is 27.7 Å². The van der Waals surface area contributed by atoms with Gasteiger partial charge in [0.05, 0.1) is 6.42 Å². The average molecular weight is 393 g/mol. The van der Waals surface area contributed by atoms with Crippen LogP contribution >= 0.6 is 0 Å². The zero-order chi connectivity index (χ0) is 20.3. The van der Waals surface area contributed by atoms with E-state index in [1.807, 2.05) is 54.7 Å². The number of rotatable bonds is 6. The zero-order valence-corrected chi connectivity index (χ0v) is 16.6. The molecule has 0 bridgehead atoms. The van der Waals surface area contributed by atoms with Crippen LogP contribution in [0, 0.1) is 0 Å². The van der Waals surface area contributed by atoms with Crippen molar-refractivity contribution in [3.63, 3.8) is 0 Å². The highest BCUT2D eigenvalue weighted by molar-refractivity contribution is 5.89. The van der Waals surface area contributed by atoms with E-state index in [4.69, 9.17) is 0 Å². The Kier molecular flexibility index (Phi) is 4.81. The van der Waals surface area contributed by atoms with E-state index in [1.165, 1.54) is 16.5 Å². The van der Waals surface area contributed by atoms with Gasteiger partial charge >= 0.3 is 0 Å². The third-order valence-corrected chi connectivity index (χ3v) is 5.73. The number of para-hydroxylation sites is 2. The molecule has 4 heteroatoms. The number of benzene rings is 3. The fourth-order valence-corrected chi connectivity index (χ4v) is 4.20. The van der Waals surface area contributed by atoms with E-state index >= 15 is 0 Å². The van der Waals surface area contributed by atoms with E-state index in [9.17, 15) is 4.79 Å². The first kappa shape index (κ1) is 18.3. The number of aromatic nitrogens is 2. The zero-order valence-electron chi connectivity index (χ0n) is 16.6. The molecule has 4 nitrogen and oxygen atoms in total. The number of aromatic amines is 2. The fraction of sp³-hybridized carbons (Fsp3) is 0.115. The Morgan fingerprint density at radius 2 is 1.40 bits per heavy atom. The molecule has 2 heterocycles. The highest BCUT2D eigenvalue weighted by Gasteiger charge is 2.19. The molecule has 30 heavy (non-hydrogen) atoms. The molecule has 0 spiro atoms. The molecule has 0 saturated heterocycles. The van der Waals surface area contributed by atoms with E-state index in [-0.39, 0.29) is 11.8 Å². The van der Waals surface area contributed by atoms with Gasteiger partial charge < -0.3 is 15.3 Å². The summed E-state index contributed by atoms with van der Waals surface area (Å²) in [6.45, 7) is 0.549. The Hall–Kier alpha value is -3.79. The molecule has 0 aliphatic carbocycles. The summed E-state index contributed by atoms with van der Waals surface area (Å²) in [5, 5.41) is 5.46. The lowest BCUT2D eigenvalue weighted by atomic mass is 9.91. The molecular weight excluding hydrogens is 370 g/mol. The van der Waals surface area contributed by atoms with Crippen LogP contribution in [0.1, 0.15) is 22.6 Å². The monoisotopic (exact) mass is 393 g/mol. The summed E-state index contributed by atoms with van der Waals surface area (Å²) in [7, 11) is 0. The lowest BCUT2D eigenvalue weighted by Crippen LogP contribution is -2.30. The standard InChI is InChI=1S/C26H23N3O/c30-26(14-19-15-27-24-12-6-4-10-20(19)24)29-16-22(18-8-2-1-3-9-18)23-17-28-25-13-7-5-11-21(23)25/h1-13,15,17,22,27-28H,14,16H2,(H,29,30). The molecule has 0 aliphatic rings.